The molecule has 0 spiro atoms. The van der Waals surface area contributed by atoms with E-state index in [0.717, 1.165) is 25.3 Å². The molecule has 0 aliphatic carbocycles. The molecule has 4 rings (SSSR count). The number of ether oxygens (including phenoxy) is 2. The molecular weight excluding hydrogens is 304 g/mol. The lowest BCUT2D eigenvalue weighted by molar-refractivity contribution is -0.141. The molecule has 3 heterocycles. The van der Waals surface area contributed by atoms with Crippen molar-refractivity contribution >= 4 is 18.3 Å². The molecule has 120 valence electrons. The Morgan fingerprint density at radius 2 is 1.91 bits per heavy atom. The van der Waals surface area contributed by atoms with E-state index in [-0.39, 0.29) is 18.3 Å². The molecule has 5 nitrogen and oxygen atoms in total. The molecule has 0 aromatic heterocycles. The van der Waals surface area contributed by atoms with Gasteiger partial charge in [0.2, 0.25) is 6.10 Å². The molecule has 3 unspecified atom stereocenters. The predicted molar refractivity (Wildman–Crippen MR) is 84.7 cm³/mol. The summed E-state index contributed by atoms with van der Waals surface area (Å²) in [5, 5.41) is 3.59. The summed E-state index contributed by atoms with van der Waals surface area (Å²) in [6, 6.07) is 8.53. The van der Waals surface area contributed by atoms with Crippen LogP contribution in [0.15, 0.2) is 24.3 Å². The highest BCUT2D eigenvalue weighted by atomic mass is 35.5. The van der Waals surface area contributed by atoms with E-state index in [1.165, 1.54) is 12.8 Å². The van der Waals surface area contributed by atoms with Crippen molar-refractivity contribution in [2.24, 2.45) is 0 Å². The van der Waals surface area contributed by atoms with Crippen molar-refractivity contribution in [3.63, 3.8) is 0 Å². The number of carbonyl (C=O) groups is 1. The zero-order chi connectivity index (χ0) is 14.2. The number of amides is 1. The zero-order valence-corrected chi connectivity index (χ0v) is 13.2. The number of hydrogen-bond acceptors (Lipinski definition) is 4. The molecule has 6 heteroatoms. The average molecular weight is 325 g/mol. The maximum atomic E-state index is 12.7. The second kappa shape index (κ2) is 6.34. The van der Waals surface area contributed by atoms with Gasteiger partial charge in [-0.1, -0.05) is 12.1 Å². The van der Waals surface area contributed by atoms with Gasteiger partial charge in [0.25, 0.3) is 5.91 Å². The molecule has 2 fully saturated rings. The number of para-hydroxylation sites is 2. The van der Waals surface area contributed by atoms with Gasteiger partial charge in [0.1, 0.15) is 6.61 Å². The SMILES string of the molecule is Cl.O=C(C1COc2ccccc2O1)N1CCC2CCC(C1)N2. The second-order valence-electron chi connectivity index (χ2n) is 6.08. The van der Waals surface area contributed by atoms with Gasteiger partial charge in [-0.05, 0) is 31.4 Å². The Morgan fingerprint density at radius 1 is 1.14 bits per heavy atom. The predicted octanol–water partition coefficient (Wildman–Crippen LogP) is 1.60. The monoisotopic (exact) mass is 324 g/mol. The van der Waals surface area contributed by atoms with E-state index in [1.54, 1.807) is 0 Å². The highest BCUT2D eigenvalue weighted by Gasteiger charge is 2.36. The summed E-state index contributed by atoms with van der Waals surface area (Å²) in [7, 11) is 0. The Bertz CT molecular complexity index is 554. The van der Waals surface area contributed by atoms with Gasteiger partial charge >= 0.3 is 0 Å². The van der Waals surface area contributed by atoms with Crippen LogP contribution in [0.4, 0.5) is 0 Å². The summed E-state index contributed by atoms with van der Waals surface area (Å²) in [5.41, 5.74) is 0. The first-order valence-electron chi connectivity index (χ1n) is 7.73. The summed E-state index contributed by atoms with van der Waals surface area (Å²) in [4.78, 5) is 14.6. The quantitative estimate of drug-likeness (QED) is 0.852. The van der Waals surface area contributed by atoms with Crippen LogP contribution in [0.3, 0.4) is 0 Å². The van der Waals surface area contributed by atoms with Crippen LogP contribution in [0.5, 0.6) is 11.5 Å². The maximum absolute atomic E-state index is 12.7. The molecule has 2 saturated heterocycles. The number of carbonyl (C=O) groups excluding carboxylic acids is 1. The van der Waals surface area contributed by atoms with Crippen LogP contribution >= 0.6 is 12.4 Å². The van der Waals surface area contributed by atoms with E-state index in [9.17, 15) is 4.79 Å². The van der Waals surface area contributed by atoms with Crippen LogP contribution < -0.4 is 14.8 Å². The van der Waals surface area contributed by atoms with Gasteiger partial charge in [0.05, 0.1) is 0 Å². The van der Waals surface area contributed by atoms with E-state index in [4.69, 9.17) is 9.47 Å². The molecule has 0 saturated carbocycles. The van der Waals surface area contributed by atoms with Crippen molar-refractivity contribution < 1.29 is 14.3 Å². The number of nitrogens with one attached hydrogen (secondary N) is 1. The van der Waals surface area contributed by atoms with Crippen molar-refractivity contribution in [3.05, 3.63) is 24.3 Å². The smallest absolute Gasteiger partial charge is 0.267 e. The first kappa shape index (κ1) is 15.4. The lowest BCUT2D eigenvalue weighted by Gasteiger charge is -2.31. The zero-order valence-electron chi connectivity index (χ0n) is 12.4. The standard InChI is InChI=1S/C16H20N2O3.ClH/c19-16(18-8-7-11-5-6-12(9-18)17-11)15-10-20-13-3-1-2-4-14(13)21-15;/h1-4,11-12,15,17H,5-10H2;1H. The minimum Gasteiger partial charge on any atom is -0.485 e. The number of likely N-dealkylation sites (tertiary alicyclic amines) is 1. The third-order valence-electron chi connectivity index (χ3n) is 4.62. The van der Waals surface area contributed by atoms with Gasteiger partial charge in [0.15, 0.2) is 11.5 Å². The van der Waals surface area contributed by atoms with Gasteiger partial charge in [-0.2, -0.15) is 0 Å². The number of rotatable bonds is 1. The Kier molecular flexibility index (Phi) is 4.45. The van der Waals surface area contributed by atoms with Gasteiger partial charge in [-0.15, -0.1) is 12.4 Å². The van der Waals surface area contributed by atoms with Gasteiger partial charge in [-0.25, -0.2) is 0 Å². The molecule has 3 aliphatic rings. The first-order chi connectivity index (χ1) is 10.3. The van der Waals surface area contributed by atoms with Crippen LogP contribution in [0.2, 0.25) is 0 Å². The minimum atomic E-state index is -0.517. The molecule has 1 N–H and O–H groups in total. The number of benzene rings is 1. The Hall–Kier alpha value is -1.46. The Balaban J connectivity index is 0.00000144. The molecule has 1 aromatic carbocycles. The third-order valence-corrected chi connectivity index (χ3v) is 4.62. The third kappa shape index (κ3) is 2.88. The molecule has 2 bridgehead atoms. The van der Waals surface area contributed by atoms with Gasteiger partial charge in [0, 0.05) is 25.2 Å². The lowest BCUT2D eigenvalue weighted by atomic mass is 10.1. The van der Waals surface area contributed by atoms with Crippen LogP contribution in [0.25, 0.3) is 0 Å². The second-order valence-corrected chi connectivity index (χ2v) is 6.08. The largest absolute Gasteiger partial charge is 0.485 e. The van der Waals surface area contributed by atoms with E-state index in [2.05, 4.69) is 5.32 Å². The van der Waals surface area contributed by atoms with Gasteiger partial charge < -0.3 is 19.7 Å². The molecule has 1 amide bonds. The Labute approximate surface area is 136 Å². The van der Waals surface area contributed by atoms with E-state index in [0.29, 0.717) is 24.4 Å². The summed E-state index contributed by atoms with van der Waals surface area (Å²) in [6.07, 6.45) is 2.92. The number of halogens is 1. The summed E-state index contributed by atoms with van der Waals surface area (Å²) in [5.74, 6) is 1.44. The lowest BCUT2D eigenvalue weighted by Crippen LogP contribution is -2.49. The minimum absolute atomic E-state index is 0. The number of hydrogen-bond donors (Lipinski definition) is 1. The van der Waals surface area contributed by atoms with E-state index < -0.39 is 6.10 Å². The Morgan fingerprint density at radius 3 is 2.77 bits per heavy atom. The fourth-order valence-corrected chi connectivity index (χ4v) is 3.49. The summed E-state index contributed by atoms with van der Waals surface area (Å²) in [6.45, 7) is 1.90. The van der Waals surface area contributed by atoms with E-state index in [1.807, 2.05) is 29.2 Å². The molecule has 3 aliphatic heterocycles. The highest BCUT2D eigenvalue weighted by molar-refractivity contribution is 5.85. The normalized spacial score (nSPS) is 29.5. The molecular formula is C16H21ClN2O3. The fraction of sp³-hybridized carbons (Fsp3) is 0.562. The molecule has 0 radical (unpaired) electrons. The molecule has 1 aromatic rings. The molecule has 22 heavy (non-hydrogen) atoms. The van der Waals surface area contributed by atoms with Crippen LogP contribution in [-0.2, 0) is 4.79 Å². The first-order valence-corrected chi connectivity index (χ1v) is 7.73. The van der Waals surface area contributed by atoms with Gasteiger partial charge in [-0.3, -0.25) is 4.79 Å². The van der Waals surface area contributed by atoms with Crippen molar-refractivity contribution in [1.82, 2.24) is 10.2 Å². The maximum Gasteiger partial charge on any atom is 0.267 e. The van der Waals surface area contributed by atoms with Crippen LogP contribution in [0.1, 0.15) is 19.3 Å². The fourth-order valence-electron chi connectivity index (χ4n) is 3.49. The van der Waals surface area contributed by atoms with Crippen molar-refractivity contribution in [3.8, 4) is 11.5 Å². The number of fused-ring (bicyclic) bond motifs is 3. The van der Waals surface area contributed by atoms with Crippen molar-refractivity contribution in [2.75, 3.05) is 19.7 Å². The van der Waals surface area contributed by atoms with Crippen molar-refractivity contribution in [1.29, 1.82) is 0 Å². The number of nitrogens with zero attached hydrogens (tertiary/aromatic N) is 1. The highest BCUT2D eigenvalue weighted by Crippen LogP contribution is 2.31. The summed E-state index contributed by atoms with van der Waals surface area (Å²) < 4.78 is 11.5. The van der Waals surface area contributed by atoms with Crippen LogP contribution in [-0.4, -0.2) is 48.7 Å². The molecule has 3 atom stereocenters. The van der Waals surface area contributed by atoms with Crippen LogP contribution in [0, 0.1) is 0 Å². The topological polar surface area (TPSA) is 50.8 Å². The summed E-state index contributed by atoms with van der Waals surface area (Å²) >= 11 is 0. The van der Waals surface area contributed by atoms with E-state index >= 15 is 0 Å². The van der Waals surface area contributed by atoms with Crippen molar-refractivity contribution in [2.45, 2.75) is 37.5 Å². The average Bonchev–Trinajstić information content (AvgIpc) is 2.85.